The summed E-state index contributed by atoms with van der Waals surface area (Å²) < 4.78 is 5.86. The first-order valence-electron chi connectivity index (χ1n) is 9.22. The number of nitro benzene ring substituents is 1. The molecule has 5 heteroatoms. The second-order valence-corrected chi connectivity index (χ2v) is 7.79. The normalized spacial score (nSPS) is 24.8. The first-order chi connectivity index (χ1) is 11.8. The average molecular weight is 347 g/mol. The molecule has 0 bridgehead atoms. The Morgan fingerprint density at radius 3 is 2.60 bits per heavy atom. The zero-order valence-corrected chi connectivity index (χ0v) is 15.6. The van der Waals surface area contributed by atoms with Crippen LogP contribution in [-0.4, -0.2) is 17.0 Å². The lowest BCUT2D eigenvalue weighted by Gasteiger charge is -2.37. The molecule has 0 heterocycles. The molecule has 1 saturated carbocycles. The van der Waals surface area contributed by atoms with E-state index in [0.717, 1.165) is 12.8 Å². The van der Waals surface area contributed by atoms with Gasteiger partial charge >= 0.3 is 5.97 Å². The Labute approximate surface area is 149 Å². The van der Waals surface area contributed by atoms with Crippen LogP contribution in [-0.2, 0) is 16.0 Å². The lowest BCUT2D eigenvalue weighted by Crippen LogP contribution is -2.37. The maximum absolute atomic E-state index is 12.6. The van der Waals surface area contributed by atoms with Crippen molar-refractivity contribution in [3.63, 3.8) is 0 Å². The smallest absolute Gasteiger partial charge is 0.309 e. The SMILES string of the molecule is CC(C)[C@@H]1CC[C@@H](C)CC1OC(=O)[C@H](C)Cc1ccccc1[N+](=O)[O-]. The monoisotopic (exact) mass is 347 g/mol. The predicted octanol–water partition coefficient (Wildman–Crippen LogP) is 4.78. The number of hydrogen-bond acceptors (Lipinski definition) is 4. The molecule has 4 atom stereocenters. The van der Waals surface area contributed by atoms with E-state index in [1.165, 1.54) is 12.5 Å². The van der Waals surface area contributed by atoms with Crippen molar-refractivity contribution in [2.75, 3.05) is 0 Å². The lowest BCUT2D eigenvalue weighted by atomic mass is 9.75. The first kappa shape index (κ1) is 19.4. The van der Waals surface area contributed by atoms with E-state index in [9.17, 15) is 14.9 Å². The molecule has 5 nitrogen and oxygen atoms in total. The van der Waals surface area contributed by atoms with Crippen LogP contribution in [0.1, 0.15) is 52.5 Å². The number of rotatable bonds is 6. The molecule has 0 N–H and O–H groups in total. The van der Waals surface area contributed by atoms with E-state index in [1.807, 2.05) is 0 Å². The van der Waals surface area contributed by atoms with Gasteiger partial charge in [0.25, 0.3) is 5.69 Å². The quantitative estimate of drug-likeness (QED) is 0.422. The maximum Gasteiger partial charge on any atom is 0.309 e. The van der Waals surface area contributed by atoms with E-state index >= 15 is 0 Å². The van der Waals surface area contributed by atoms with Crippen LogP contribution in [0.2, 0.25) is 0 Å². The summed E-state index contributed by atoms with van der Waals surface area (Å²) in [7, 11) is 0. The Kier molecular flexibility index (Phi) is 6.57. The maximum atomic E-state index is 12.6. The second-order valence-electron chi connectivity index (χ2n) is 7.79. The third kappa shape index (κ3) is 5.03. The third-order valence-electron chi connectivity index (χ3n) is 5.35. The van der Waals surface area contributed by atoms with Crippen LogP contribution in [0.3, 0.4) is 0 Å². The number of nitrogens with zero attached hydrogens (tertiary/aromatic N) is 1. The summed E-state index contributed by atoms with van der Waals surface area (Å²) in [6, 6.07) is 6.59. The molecule has 0 aliphatic heterocycles. The fourth-order valence-electron chi connectivity index (χ4n) is 3.79. The van der Waals surface area contributed by atoms with Crippen LogP contribution in [0.5, 0.6) is 0 Å². The standard InChI is InChI=1S/C20H29NO4/c1-13(2)17-10-9-14(3)11-19(17)25-20(22)15(4)12-16-7-5-6-8-18(16)21(23)24/h5-8,13-15,17,19H,9-12H2,1-4H3/t14-,15-,17+,19?/m1/s1. The fourth-order valence-corrected chi connectivity index (χ4v) is 3.79. The molecule has 1 aromatic carbocycles. The number of ether oxygens (including phenoxy) is 1. The van der Waals surface area contributed by atoms with Crippen molar-refractivity contribution >= 4 is 11.7 Å². The Morgan fingerprint density at radius 1 is 1.28 bits per heavy atom. The molecule has 1 aliphatic carbocycles. The van der Waals surface area contributed by atoms with Gasteiger partial charge in [0.2, 0.25) is 0 Å². The van der Waals surface area contributed by atoms with Gasteiger partial charge in [-0.3, -0.25) is 14.9 Å². The number of carbonyl (C=O) groups is 1. The average Bonchev–Trinajstić information content (AvgIpc) is 2.54. The van der Waals surface area contributed by atoms with Crippen molar-refractivity contribution in [3.05, 3.63) is 39.9 Å². The molecule has 25 heavy (non-hydrogen) atoms. The van der Waals surface area contributed by atoms with Crippen molar-refractivity contribution in [1.29, 1.82) is 0 Å². The molecule has 0 radical (unpaired) electrons. The van der Waals surface area contributed by atoms with Crippen molar-refractivity contribution in [1.82, 2.24) is 0 Å². The molecule has 1 aliphatic rings. The second kappa shape index (κ2) is 8.45. The van der Waals surface area contributed by atoms with Gasteiger partial charge in [0.05, 0.1) is 10.8 Å². The zero-order chi connectivity index (χ0) is 18.6. The number of nitro groups is 1. The molecule has 2 rings (SSSR count). The molecular weight excluding hydrogens is 318 g/mol. The minimum Gasteiger partial charge on any atom is -0.462 e. The third-order valence-corrected chi connectivity index (χ3v) is 5.35. The van der Waals surface area contributed by atoms with Crippen LogP contribution < -0.4 is 0 Å². The Hall–Kier alpha value is -1.91. The molecule has 1 aromatic rings. The van der Waals surface area contributed by atoms with Gasteiger partial charge in [0.1, 0.15) is 6.10 Å². The van der Waals surface area contributed by atoms with Crippen molar-refractivity contribution in [3.8, 4) is 0 Å². The fraction of sp³-hybridized carbons (Fsp3) is 0.650. The van der Waals surface area contributed by atoms with Crippen molar-refractivity contribution < 1.29 is 14.5 Å². The lowest BCUT2D eigenvalue weighted by molar-refractivity contribution is -0.385. The summed E-state index contributed by atoms with van der Waals surface area (Å²) in [6.07, 6.45) is 3.47. The van der Waals surface area contributed by atoms with Crippen LogP contribution in [0.25, 0.3) is 0 Å². The van der Waals surface area contributed by atoms with Gasteiger partial charge in [-0.15, -0.1) is 0 Å². The van der Waals surface area contributed by atoms with E-state index in [0.29, 0.717) is 29.7 Å². The highest BCUT2D eigenvalue weighted by molar-refractivity contribution is 5.73. The molecule has 0 aromatic heterocycles. The first-order valence-corrected chi connectivity index (χ1v) is 9.22. The van der Waals surface area contributed by atoms with Crippen LogP contribution in [0.4, 0.5) is 5.69 Å². The van der Waals surface area contributed by atoms with E-state index < -0.39 is 10.8 Å². The van der Waals surface area contributed by atoms with E-state index in [-0.39, 0.29) is 17.8 Å². The van der Waals surface area contributed by atoms with Gasteiger partial charge in [-0.05, 0) is 37.0 Å². The van der Waals surface area contributed by atoms with Gasteiger partial charge in [0, 0.05) is 11.6 Å². The molecule has 1 unspecified atom stereocenters. The van der Waals surface area contributed by atoms with Crippen molar-refractivity contribution in [2.24, 2.45) is 23.7 Å². The number of para-hydroxylation sites is 1. The van der Waals surface area contributed by atoms with Crippen LogP contribution in [0, 0.1) is 33.8 Å². The van der Waals surface area contributed by atoms with Crippen LogP contribution >= 0.6 is 0 Å². The number of esters is 1. The number of benzene rings is 1. The summed E-state index contributed by atoms with van der Waals surface area (Å²) in [5.41, 5.74) is 0.642. The highest BCUT2D eigenvalue weighted by atomic mass is 16.6. The van der Waals surface area contributed by atoms with E-state index in [2.05, 4.69) is 20.8 Å². The molecule has 1 fully saturated rings. The van der Waals surface area contributed by atoms with Gasteiger partial charge in [-0.2, -0.15) is 0 Å². The highest BCUT2D eigenvalue weighted by Gasteiger charge is 2.34. The molecule has 0 amide bonds. The number of carbonyl (C=O) groups excluding carboxylic acids is 1. The topological polar surface area (TPSA) is 69.4 Å². The number of hydrogen-bond donors (Lipinski definition) is 0. The molecular formula is C20H29NO4. The molecule has 0 spiro atoms. The van der Waals surface area contributed by atoms with Gasteiger partial charge in [-0.1, -0.05) is 52.3 Å². The van der Waals surface area contributed by atoms with Crippen LogP contribution in [0.15, 0.2) is 24.3 Å². The zero-order valence-electron chi connectivity index (χ0n) is 15.6. The minimum absolute atomic E-state index is 0.0375. The summed E-state index contributed by atoms with van der Waals surface area (Å²) in [5.74, 6) is 0.807. The summed E-state index contributed by atoms with van der Waals surface area (Å²) in [6.45, 7) is 8.35. The van der Waals surface area contributed by atoms with Gasteiger partial charge in [0.15, 0.2) is 0 Å². The van der Waals surface area contributed by atoms with E-state index in [1.54, 1.807) is 25.1 Å². The molecule has 138 valence electrons. The van der Waals surface area contributed by atoms with Gasteiger partial charge < -0.3 is 4.74 Å². The summed E-state index contributed by atoms with van der Waals surface area (Å²) >= 11 is 0. The summed E-state index contributed by atoms with van der Waals surface area (Å²) in [4.78, 5) is 23.3. The van der Waals surface area contributed by atoms with Crippen molar-refractivity contribution in [2.45, 2.75) is 59.5 Å². The van der Waals surface area contributed by atoms with E-state index in [4.69, 9.17) is 4.74 Å². The Balaban J connectivity index is 2.03. The summed E-state index contributed by atoms with van der Waals surface area (Å²) in [5, 5.41) is 11.1. The minimum atomic E-state index is -0.398. The molecule has 0 saturated heterocycles. The largest absolute Gasteiger partial charge is 0.462 e. The van der Waals surface area contributed by atoms with Gasteiger partial charge in [-0.25, -0.2) is 0 Å². The Bertz CT molecular complexity index is 613. The predicted molar refractivity (Wildman–Crippen MR) is 97.2 cm³/mol. The highest BCUT2D eigenvalue weighted by Crippen LogP contribution is 2.36. The Morgan fingerprint density at radius 2 is 1.96 bits per heavy atom.